The van der Waals surface area contributed by atoms with Crippen molar-refractivity contribution in [1.29, 1.82) is 0 Å². The van der Waals surface area contributed by atoms with Gasteiger partial charge in [0.15, 0.2) is 4.30 Å². The number of halogens is 3. The predicted octanol–water partition coefficient (Wildman–Crippen LogP) is 24.0. The van der Waals surface area contributed by atoms with Crippen LogP contribution in [0.4, 0.5) is 0 Å². The Bertz CT molecular complexity index is 5350. The van der Waals surface area contributed by atoms with Crippen LogP contribution in [0.2, 0.25) is 0 Å². The van der Waals surface area contributed by atoms with Gasteiger partial charge in [-0.15, -0.1) is 0 Å². The minimum absolute atomic E-state index is 0.132. The molecule has 6 N–H and O–H groups in total. The average molecular weight is 1470 g/mol. The second-order valence-corrected chi connectivity index (χ2v) is 32.0. The second kappa shape index (κ2) is 25.0. The molecule has 0 radical (unpaired) electrons. The van der Waals surface area contributed by atoms with E-state index < -0.39 is 39.8 Å². The molecule has 6 nitrogen and oxygen atoms in total. The van der Waals surface area contributed by atoms with Gasteiger partial charge in [-0.2, -0.15) is 0 Å². The minimum atomic E-state index is -0.750. The third-order valence-electron chi connectivity index (χ3n) is 24.7. The molecule has 0 amide bonds. The molecule has 0 aromatic heterocycles. The highest BCUT2D eigenvalue weighted by Gasteiger charge is 2.51. The molecule has 109 heavy (non-hydrogen) atoms. The summed E-state index contributed by atoms with van der Waals surface area (Å²) in [7, 11) is 0. The first-order chi connectivity index (χ1) is 53.4. The summed E-state index contributed by atoms with van der Waals surface area (Å²) in [4.78, 5) is 0. The monoisotopic (exact) mass is 1470 g/mol. The number of hydrogen-bond donors (Lipinski definition) is 6. The molecule has 0 saturated heterocycles. The van der Waals surface area contributed by atoms with Crippen LogP contribution in [0.3, 0.4) is 0 Å². The Morgan fingerprint density at radius 3 is 0.459 bits per heavy atom. The van der Waals surface area contributed by atoms with E-state index in [1.54, 1.807) is 0 Å². The molecule has 6 atom stereocenters. The first kappa shape index (κ1) is 65.3. The molecule has 0 heterocycles. The molecule has 24 bridgehead atoms. The lowest BCUT2D eigenvalue weighted by atomic mass is 9.57. The zero-order chi connectivity index (χ0) is 73.4. The Morgan fingerprint density at radius 2 is 0.321 bits per heavy atom. The molecule has 0 saturated carbocycles. The van der Waals surface area contributed by atoms with Crippen molar-refractivity contribution in [1.82, 2.24) is 0 Å². The van der Waals surface area contributed by atoms with Gasteiger partial charge in [0.1, 0.15) is 34.5 Å². The standard InChI is InChI=1S/C99H66O6.CHCl3/c100-94-58-43-59-48-72-84-66-39-21-22-40-67(66)85(90(72)78(95(59)101)54-29-11-3-12-30-54)74-50-62(98(104)79(91(74)84)55-31-13-4-14-32-55)45-63-51-75-87-69-42-24-23-41-68(69)86(93(75)81(99(63)105)57-35-17-6-18-36-57)73-49-61(97(103)80(92(73)87)56-33-15-5-16-34-56)44-60-47-71-82-64-37-19-20-38-65(64)83(89(71)77(96(60)102)53-27-9-2-10-28-53)70(46-58)88(82)76(94)52-25-7-1-8-26-52;2-1(3)4/h1-42,46-51,82-87,100-105H,43-45H2;1H/t82-,83-,84-,85-,86-,87-;/m0./s1. The summed E-state index contributed by atoms with van der Waals surface area (Å²) in [6, 6.07) is 101. The Balaban J connectivity index is 0.00000185. The van der Waals surface area contributed by atoms with Gasteiger partial charge in [0.25, 0.3) is 0 Å². The van der Waals surface area contributed by atoms with Gasteiger partial charge in [0.2, 0.25) is 0 Å². The van der Waals surface area contributed by atoms with Gasteiger partial charge in [-0.05, 0) is 167 Å². The maximum Gasteiger partial charge on any atom is 0.180 e. The lowest BCUT2D eigenvalue weighted by molar-refractivity contribution is 0.461. The van der Waals surface area contributed by atoms with E-state index in [1.165, 1.54) is 0 Å². The van der Waals surface area contributed by atoms with Gasteiger partial charge in [0.05, 0.1) is 0 Å². The smallest absolute Gasteiger partial charge is 0.180 e. The normalized spacial score (nSPS) is 17.5. The fourth-order valence-corrected chi connectivity index (χ4v) is 20.7. The van der Waals surface area contributed by atoms with E-state index in [9.17, 15) is 30.6 Å². The minimum Gasteiger partial charge on any atom is -0.507 e. The van der Waals surface area contributed by atoms with Gasteiger partial charge >= 0.3 is 0 Å². The Morgan fingerprint density at radius 1 is 0.193 bits per heavy atom. The van der Waals surface area contributed by atoms with E-state index in [-0.39, 0.29) is 53.8 Å². The van der Waals surface area contributed by atoms with E-state index >= 15 is 0 Å². The van der Waals surface area contributed by atoms with Crippen LogP contribution in [0.1, 0.15) is 169 Å². The van der Waals surface area contributed by atoms with Crippen molar-refractivity contribution in [3.05, 3.63) is 425 Å². The molecular weight excluding hydrogens is 1400 g/mol. The van der Waals surface area contributed by atoms with Crippen LogP contribution >= 0.6 is 34.8 Å². The summed E-state index contributed by atoms with van der Waals surface area (Å²) in [5, 5.41) is 83.1. The van der Waals surface area contributed by atoms with Crippen LogP contribution in [0, 0.1) is 0 Å². The number of phenols is 6. The van der Waals surface area contributed by atoms with Crippen LogP contribution in [0.25, 0.3) is 66.8 Å². The van der Waals surface area contributed by atoms with Crippen molar-refractivity contribution in [3.63, 3.8) is 0 Å². The van der Waals surface area contributed by atoms with Crippen LogP contribution in [-0.2, 0) is 19.3 Å². The highest BCUT2D eigenvalue weighted by atomic mass is 35.6. The average Bonchev–Trinajstić information content (AvgIpc) is 0.741. The molecular formula is C100H67Cl3O6. The molecule has 47 rings (SSSR count). The summed E-state index contributed by atoms with van der Waals surface area (Å²) in [5.41, 5.74) is 32.1. The Labute approximate surface area is 646 Å². The van der Waals surface area contributed by atoms with Gasteiger partial charge in [-0.1, -0.05) is 326 Å². The molecule has 15 aromatic carbocycles. The number of rotatable bonds is 6. The van der Waals surface area contributed by atoms with Gasteiger partial charge in [-0.3, -0.25) is 0 Å². The van der Waals surface area contributed by atoms with Gasteiger partial charge in [0, 0.05) is 88.2 Å². The van der Waals surface area contributed by atoms with E-state index in [0.717, 1.165) is 167 Å². The molecule has 0 fully saturated rings. The molecule has 15 aromatic rings. The maximum atomic E-state index is 13.8. The molecule has 0 unspecified atom stereocenters. The number of alkyl halides is 3. The van der Waals surface area contributed by atoms with Crippen molar-refractivity contribution < 1.29 is 30.6 Å². The molecule has 32 aliphatic rings. The molecule has 32 aliphatic carbocycles. The Hall–Kier alpha value is -12.0. The van der Waals surface area contributed by atoms with E-state index in [0.29, 0.717) is 33.4 Å². The first-order valence-electron chi connectivity index (χ1n) is 37.2. The van der Waals surface area contributed by atoms with E-state index in [1.807, 2.05) is 109 Å². The lowest BCUT2D eigenvalue weighted by Gasteiger charge is -2.45. The van der Waals surface area contributed by atoms with Crippen LogP contribution in [0.15, 0.2) is 291 Å². The van der Waals surface area contributed by atoms with Gasteiger partial charge < -0.3 is 30.6 Å². The summed E-state index contributed by atoms with van der Waals surface area (Å²) in [5.74, 6) is -1.80. The molecule has 524 valence electrons. The quantitative estimate of drug-likeness (QED) is 0.0923. The molecule has 0 spiro atoms. The maximum absolute atomic E-state index is 13.8. The Kier molecular flexibility index (Phi) is 15.0. The number of benzene rings is 15. The summed E-state index contributed by atoms with van der Waals surface area (Å²) >= 11 is 14.4. The molecule has 0 aliphatic heterocycles. The van der Waals surface area contributed by atoms with Gasteiger partial charge in [-0.25, -0.2) is 0 Å². The highest BCUT2D eigenvalue weighted by Crippen LogP contribution is 2.68. The van der Waals surface area contributed by atoms with Crippen molar-refractivity contribution in [2.45, 2.75) is 59.1 Å². The van der Waals surface area contributed by atoms with E-state index in [4.69, 9.17) is 34.8 Å². The van der Waals surface area contributed by atoms with Crippen molar-refractivity contribution >= 4 is 34.8 Å². The third-order valence-corrected chi connectivity index (χ3v) is 24.7. The number of phenolic OH excluding ortho intramolecular Hbond substituents is 6. The van der Waals surface area contributed by atoms with E-state index in [2.05, 4.69) is 182 Å². The van der Waals surface area contributed by atoms with Crippen molar-refractivity contribution in [2.24, 2.45) is 0 Å². The third kappa shape index (κ3) is 9.61. The summed E-state index contributed by atoms with van der Waals surface area (Å²) < 4.78 is -0.750. The largest absolute Gasteiger partial charge is 0.507 e. The second-order valence-electron chi connectivity index (χ2n) is 30.0. The number of hydrogen-bond acceptors (Lipinski definition) is 6. The molecule has 9 heteroatoms. The highest BCUT2D eigenvalue weighted by molar-refractivity contribution is 6.63. The fourth-order valence-electron chi connectivity index (χ4n) is 20.7. The fraction of sp³-hybridized carbons (Fsp3) is 0.100. The van der Waals surface area contributed by atoms with Crippen LogP contribution in [-0.4, -0.2) is 34.9 Å². The lowest BCUT2D eigenvalue weighted by Crippen LogP contribution is -2.30. The summed E-state index contributed by atoms with van der Waals surface area (Å²) in [6.07, 6.45) is 0.454. The van der Waals surface area contributed by atoms with Crippen LogP contribution in [0.5, 0.6) is 34.5 Å². The predicted molar refractivity (Wildman–Crippen MR) is 436 cm³/mol. The number of aromatic hydroxyl groups is 6. The summed E-state index contributed by atoms with van der Waals surface area (Å²) in [6.45, 7) is 0. The first-order valence-corrected chi connectivity index (χ1v) is 38.5. The van der Waals surface area contributed by atoms with Crippen molar-refractivity contribution in [3.8, 4) is 101 Å². The topological polar surface area (TPSA) is 121 Å². The van der Waals surface area contributed by atoms with Crippen LogP contribution < -0.4 is 0 Å². The zero-order valence-corrected chi connectivity index (χ0v) is 61.0. The zero-order valence-electron chi connectivity index (χ0n) is 58.7. The SMILES string of the molecule is ClC(Cl)Cl.Oc1c2cc3c(c1-c1ccccc1)[C@H]1c4ccccc4[C@@H]3c3c1cc(c(O)c3-c1ccccc1)Cc1cc3c(c(-c4ccccc4)c1O)[C@H]1c4ccccc4[C@@H]3c3c1cc(c(O)c3-c1ccccc1)Cc1cc3c(c(-c4ccccc4)c1O)[C@H]1c4ccccc4[C@@H]3c3c1cc(c(O)c3-c1ccccc1)C2. The van der Waals surface area contributed by atoms with Crippen molar-refractivity contribution in [2.75, 3.05) is 0 Å².